The summed E-state index contributed by atoms with van der Waals surface area (Å²) in [6.07, 6.45) is 14.4. The summed E-state index contributed by atoms with van der Waals surface area (Å²) in [5, 5.41) is 0. The van der Waals surface area contributed by atoms with Gasteiger partial charge in [-0.05, 0) is 43.5 Å². The van der Waals surface area contributed by atoms with Crippen LogP contribution in [0.5, 0.6) is 5.75 Å². The zero-order chi connectivity index (χ0) is 23.0. The number of halogens is 1. The molecular weight excluding hydrogens is 456 g/mol. The van der Waals surface area contributed by atoms with Crippen molar-refractivity contribution in [2.24, 2.45) is 5.41 Å². The summed E-state index contributed by atoms with van der Waals surface area (Å²) in [5.41, 5.74) is -1.25. The normalized spacial score (nSPS) is 11.4. The maximum absolute atomic E-state index is 12.8. The second-order valence-electron chi connectivity index (χ2n) is 8.30. The van der Waals surface area contributed by atoms with Crippen LogP contribution in [0.3, 0.4) is 0 Å². The summed E-state index contributed by atoms with van der Waals surface area (Å²) in [7, 11) is 0. The van der Waals surface area contributed by atoms with Gasteiger partial charge in [0.15, 0.2) is 5.41 Å². The first kappa shape index (κ1) is 27.7. The van der Waals surface area contributed by atoms with Crippen molar-refractivity contribution in [2.75, 3.05) is 6.61 Å². The van der Waals surface area contributed by atoms with Gasteiger partial charge in [-0.1, -0.05) is 101 Å². The standard InChI is InChI=1S/C26H41BrO4/c1-4-7-8-9-10-11-12-13-14-15-16-21-30-24(28)26(5-2,6-3)25(29)31-23-19-17-22(27)18-20-23/h17-20H,4-16,21H2,1-3H3. The first-order valence-electron chi connectivity index (χ1n) is 12.1. The van der Waals surface area contributed by atoms with Crippen molar-refractivity contribution >= 4 is 27.9 Å². The monoisotopic (exact) mass is 496 g/mol. The SMILES string of the molecule is CCCCCCCCCCCCCOC(=O)C(CC)(CC)C(=O)Oc1ccc(Br)cc1. The van der Waals surface area contributed by atoms with Crippen LogP contribution in [0.25, 0.3) is 0 Å². The van der Waals surface area contributed by atoms with E-state index in [9.17, 15) is 9.59 Å². The third kappa shape index (κ3) is 10.2. The number of hydrogen-bond donors (Lipinski definition) is 0. The minimum atomic E-state index is -1.25. The molecule has 0 radical (unpaired) electrons. The van der Waals surface area contributed by atoms with Crippen LogP contribution in [0.15, 0.2) is 28.7 Å². The van der Waals surface area contributed by atoms with Crippen LogP contribution in [0.1, 0.15) is 104 Å². The minimum Gasteiger partial charge on any atom is -0.465 e. The molecule has 4 nitrogen and oxygen atoms in total. The fraction of sp³-hybridized carbons (Fsp3) is 0.692. The zero-order valence-corrected chi connectivity index (χ0v) is 21.3. The summed E-state index contributed by atoms with van der Waals surface area (Å²) in [6, 6.07) is 7.00. The largest absolute Gasteiger partial charge is 0.465 e. The van der Waals surface area contributed by atoms with E-state index in [0.717, 1.165) is 17.3 Å². The molecule has 1 aromatic rings. The Balaban J connectivity index is 2.30. The first-order chi connectivity index (χ1) is 15.0. The molecule has 0 aliphatic carbocycles. The van der Waals surface area contributed by atoms with Crippen LogP contribution >= 0.6 is 15.9 Å². The molecule has 0 fully saturated rings. The average molecular weight is 498 g/mol. The summed E-state index contributed by atoms with van der Waals surface area (Å²) in [5.74, 6) is -0.576. The molecule has 1 rings (SSSR count). The van der Waals surface area contributed by atoms with Crippen molar-refractivity contribution in [1.29, 1.82) is 0 Å². The number of carbonyl (C=O) groups is 2. The quantitative estimate of drug-likeness (QED) is 0.0947. The topological polar surface area (TPSA) is 52.6 Å². The van der Waals surface area contributed by atoms with Gasteiger partial charge >= 0.3 is 11.9 Å². The number of unbranched alkanes of at least 4 members (excludes halogenated alkanes) is 10. The second-order valence-corrected chi connectivity index (χ2v) is 9.22. The molecule has 5 heteroatoms. The molecule has 1 aromatic carbocycles. The number of ether oxygens (including phenoxy) is 2. The van der Waals surface area contributed by atoms with Crippen LogP contribution in [0.2, 0.25) is 0 Å². The Morgan fingerprint density at radius 2 is 1.23 bits per heavy atom. The van der Waals surface area contributed by atoms with E-state index in [-0.39, 0.29) is 0 Å². The van der Waals surface area contributed by atoms with E-state index < -0.39 is 17.4 Å². The second kappa shape index (κ2) is 16.3. The van der Waals surface area contributed by atoms with Gasteiger partial charge in [0, 0.05) is 4.47 Å². The lowest BCUT2D eigenvalue weighted by Crippen LogP contribution is -2.42. The van der Waals surface area contributed by atoms with E-state index in [1.54, 1.807) is 24.3 Å². The predicted octanol–water partition coefficient (Wildman–Crippen LogP) is 8.02. The van der Waals surface area contributed by atoms with Gasteiger partial charge in [0.25, 0.3) is 0 Å². The Morgan fingerprint density at radius 3 is 1.71 bits per heavy atom. The smallest absolute Gasteiger partial charge is 0.328 e. The highest BCUT2D eigenvalue weighted by Crippen LogP contribution is 2.31. The summed E-state index contributed by atoms with van der Waals surface area (Å²) in [4.78, 5) is 25.6. The van der Waals surface area contributed by atoms with E-state index in [0.29, 0.717) is 25.2 Å². The highest BCUT2D eigenvalue weighted by molar-refractivity contribution is 9.10. The van der Waals surface area contributed by atoms with E-state index >= 15 is 0 Å². The molecule has 0 heterocycles. The van der Waals surface area contributed by atoms with Crippen molar-refractivity contribution in [3.8, 4) is 5.75 Å². The molecule has 176 valence electrons. The van der Waals surface area contributed by atoms with Gasteiger partial charge in [0.2, 0.25) is 0 Å². The number of benzene rings is 1. The third-order valence-electron chi connectivity index (χ3n) is 5.99. The molecule has 0 aliphatic heterocycles. The molecule has 0 unspecified atom stereocenters. The van der Waals surface area contributed by atoms with E-state index in [1.807, 2.05) is 13.8 Å². The number of hydrogen-bond acceptors (Lipinski definition) is 4. The lowest BCUT2D eigenvalue weighted by molar-refractivity contribution is -0.168. The Bertz CT molecular complexity index is 623. The molecule has 0 bridgehead atoms. The van der Waals surface area contributed by atoms with Gasteiger partial charge in [-0.2, -0.15) is 0 Å². The Kier molecular flexibility index (Phi) is 14.5. The van der Waals surface area contributed by atoms with Gasteiger partial charge in [-0.25, -0.2) is 0 Å². The third-order valence-corrected chi connectivity index (χ3v) is 6.52. The van der Waals surface area contributed by atoms with Crippen LogP contribution in [0, 0.1) is 5.41 Å². The predicted molar refractivity (Wildman–Crippen MR) is 130 cm³/mol. The maximum Gasteiger partial charge on any atom is 0.328 e. The van der Waals surface area contributed by atoms with Gasteiger partial charge in [-0.3, -0.25) is 9.59 Å². The molecular formula is C26H41BrO4. The number of esters is 2. The van der Waals surface area contributed by atoms with Crippen molar-refractivity contribution < 1.29 is 19.1 Å². The molecule has 0 saturated carbocycles. The molecule has 0 atom stereocenters. The van der Waals surface area contributed by atoms with Crippen LogP contribution in [-0.2, 0) is 14.3 Å². The lowest BCUT2D eigenvalue weighted by atomic mass is 9.82. The zero-order valence-electron chi connectivity index (χ0n) is 19.7. The molecule has 0 saturated heterocycles. The maximum atomic E-state index is 12.8. The van der Waals surface area contributed by atoms with Crippen LogP contribution < -0.4 is 4.74 Å². The molecule has 0 aliphatic rings. The van der Waals surface area contributed by atoms with Crippen LogP contribution in [0.4, 0.5) is 0 Å². The number of carbonyl (C=O) groups excluding carboxylic acids is 2. The summed E-state index contributed by atoms with van der Waals surface area (Å²) in [6.45, 7) is 6.27. The highest BCUT2D eigenvalue weighted by Gasteiger charge is 2.46. The van der Waals surface area contributed by atoms with Crippen molar-refractivity contribution in [3.63, 3.8) is 0 Å². The molecule has 0 amide bonds. The van der Waals surface area contributed by atoms with Crippen molar-refractivity contribution in [3.05, 3.63) is 28.7 Å². The Hall–Kier alpha value is -1.36. The fourth-order valence-corrected chi connectivity index (χ4v) is 3.95. The van der Waals surface area contributed by atoms with Gasteiger partial charge < -0.3 is 9.47 Å². The summed E-state index contributed by atoms with van der Waals surface area (Å²) < 4.78 is 11.9. The molecule has 0 aromatic heterocycles. The van der Waals surface area contributed by atoms with Crippen LogP contribution in [-0.4, -0.2) is 18.5 Å². The van der Waals surface area contributed by atoms with Gasteiger partial charge in [0.05, 0.1) is 6.61 Å². The lowest BCUT2D eigenvalue weighted by Gasteiger charge is -2.26. The Morgan fingerprint density at radius 1 is 0.742 bits per heavy atom. The molecule has 0 N–H and O–H groups in total. The fourth-order valence-electron chi connectivity index (χ4n) is 3.69. The van der Waals surface area contributed by atoms with E-state index in [2.05, 4.69) is 22.9 Å². The average Bonchev–Trinajstić information content (AvgIpc) is 2.77. The van der Waals surface area contributed by atoms with E-state index in [1.165, 1.54) is 57.8 Å². The number of rotatable bonds is 17. The molecule has 0 spiro atoms. The first-order valence-corrected chi connectivity index (χ1v) is 12.9. The Labute approximate surface area is 197 Å². The van der Waals surface area contributed by atoms with Crippen molar-refractivity contribution in [2.45, 2.75) is 104 Å². The summed E-state index contributed by atoms with van der Waals surface area (Å²) >= 11 is 3.36. The van der Waals surface area contributed by atoms with Gasteiger partial charge in [0.1, 0.15) is 5.75 Å². The van der Waals surface area contributed by atoms with Gasteiger partial charge in [-0.15, -0.1) is 0 Å². The van der Waals surface area contributed by atoms with Crippen molar-refractivity contribution in [1.82, 2.24) is 0 Å². The van der Waals surface area contributed by atoms with E-state index in [4.69, 9.17) is 9.47 Å². The minimum absolute atomic E-state index is 0.357. The highest BCUT2D eigenvalue weighted by atomic mass is 79.9. The molecule has 31 heavy (non-hydrogen) atoms.